The van der Waals surface area contributed by atoms with E-state index in [0.29, 0.717) is 25.0 Å². The van der Waals surface area contributed by atoms with Gasteiger partial charge < -0.3 is 37.9 Å². The molecule has 0 heterocycles. The average Bonchev–Trinajstić information content (AvgIpc) is 3.09. The van der Waals surface area contributed by atoms with Crippen LogP contribution in [0.5, 0.6) is 0 Å². The fourth-order valence-electron chi connectivity index (χ4n) is 6.95. The normalized spacial score (nSPS) is 15.4. The van der Waals surface area contributed by atoms with E-state index < -0.39 is 0 Å². The molecule has 0 saturated carbocycles. The standard InChI is InChI=1S/C52H106O8/c1-41(2)53-39-43(5)49(15,16)51(19,20)59-37-31-47(11,12)57-34-26-24-29-45(7,8)55-33-25-23-30-46(9,10)56-35-27-28-36-58-48(13,14)32-38-60-52(21,22)50(17,18)44(6)40-54-42(3)4/h41-44H,23-40H2,1-22H3. The summed E-state index contributed by atoms with van der Waals surface area (Å²) in [6, 6.07) is 0. The summed E-state index contributed by atoms with van der Waals surface area (Å²) in [6.45, 7) is 54.3. The molecule has 0 amide bonds. The van der Waals surface area contributed by atoms with Crippen LogP contribution in [0.3, 0.4) is 0 Å². The zero-order valence-corrected chi connectivity index (χ0v) is 44.3. The first-order valence-corrected chi connectivity index (χ1v) is 24.3. The first-order valence-electron chi connectivity index (χ1n) is 24.3. The lowest BCUT2D eigenvalue weighted by Gasteiger charge is -2.46. The topological polar surface area (TPSA) is 73.8 Å². The molecular weight excluding hydrogens is 753 g/mol. The number of rotatable bonds is 37. The van der Waals surface area contributed by atoms with Crippen LogP contribution < -0.4 is 0 Å². The van der Waals surface area contributed by atoms with Crippen molar-refractivity contribution in [3.63, 3.8) is 0 Å². The van der Waals surface area contributed by atoms with Crippen molar-refractivity contribution in [1.29, 1.82) is 0 Å². The summed E-state index contributed by atoms with van der Waals surface area (Å²) in [6.07, 6.45) is 10.5. The van der Waals surface area contributed by atoms with Crippen molar-refractivity contribution in [3.8, 4) is 0 Å². The highest BCUT2D eigenvalue weighted by Crippen LogP contribution is 2.42. The van der Waals surface area contributed by atoms with Crippen LogP contribution in [0.4, 0.5) is 0 Å². The third-order valence-corrected chi connectivity index (χ3v) is 14.1. The lowest BCUT2D eigenvalue weighted by atomic mass is 9.68. The maximum absolute atomic E-state index is 6.51. The van der Waals surface area contributed by atoms with Crippen LogP contribution >= 0.6 is 0 Å². The molecule has 362 valence electrons. The van der Waals surface area contributed by atoms with Gasteiger partial charge in [0, 0.05) is 26.4 Å². The smallest absolute Gasteiger partial charge is 0.0680 e. The largest absolute Gasteiger partial charge is 0.378 e. The number of hydrogen-bond donors (Lipinski definition) is 0. The van der Waals surface area contributed by atoms with E-state index in [1.807, 2.05) is 0 Å². The molecule has 0 aromatic carbocycles. The van der Waals surface area contributed by atoms with Gasteiger partial charge in [0.15, 0.2) is 0 Å². The maximum atomic E-state index is 6.51. The second-order valence-corrected chi connectivity index (χ2v) is 23.3. The molecule has 0 aliphatic carbocycles. The predicted octanol–water partition coefficient (Wildman–Crippen LogP) is 13.8. The Labute approximate surface area is 374 Å². The highest BCUT2D eigenvalue weighted by Gasteiger charge is 2.43. The van der Waals surface area contributed by atoms with Crippen LogP contribution in [0.25, 0.3) is 0 Å². The van der Waals surface area contributed by atoms with Crippen LogP contribution in [0.1, 0.15) is 217 Å². The van der Waals surface area contributed by atoms with Gasteiger partial charge in [-0.15, -0.1) is 0 Å². The molecule has 0 bridgehead atoms. The Bertz CT molecular complexity index is 1100. The van der Waals surface area contributed by atoms with E-state index in [1.165, 1.54) is 0 Å². The van der Waals surface area contributed by atoms with E-state index in [4.69, 9.17) is 37.9 Å². The van der Waals surface area contributed by atoms with Gasteiger partial charge in [0.25, 0.3) is 0 Å². The van der Waals surface area contributed by atoms with Crippen molar-refractivity contribution in [1.82, 2.24) is 0 Å². The zero-order valence-electron chi connectivity index (χ0n) is 44.3. The predicted molar refractivity (Wildman–Crippen MR) is 254 cm³/mol. The minimum absolute atomic E-state index is 0.0293. The monoisotopic (exact) mass is 859 g/mol. The van der Waals surface area contributed by atoms with Crippen molar-refractivity contribution in [3.05, 3.63) is 0 Å². The Hall–Kier alpha value is -0.320. The summed E-state index contributed by atoms with van der Waals surface area (Å²) < 4.78 is 50.2. The Kier molecular flexibility index (Phi) is 26.5. The molecule has 0 saturated heterocycles. The Balaban J connectivity index is 4.26. The average molecular weight is 859 g/mol. The van der Waals surface area contributed by atoms with Crippen molar-refractivity contribution in [2.45, 2.75) is 262 Å². The lowest BCUT2D eigenvalue weighted by Crippen LogP contribution is -2.48. The summed E-state index contributed by atoms with van der Waals surface area (Å²) in [5, 5.41) is 0. The first-order chi connectivity index (χ1) is 27.2. The molecule has 60 heavy (non-hydrogen) atoms. The van der Waals surface area contributed by atoms with Gasteiger partial charge in [-0.1, -0.05) is 41.5 Å². The maximum Gasteiger partial charge on any atom is 0.0680 e. The van der Waals surface area contributed by atoms with Crippen LogP contribution in [0, 0.1) is 22.7 Å². The summed E-state index contributed by atoms with van der Waals surface area (Å²) in [7, 11) is 0. The van der Waals surface area contributed by atoms with E-state index in [0.717, 1.165) is 104 Å². The molecule has 0 aliphatic heterocycles. The molecule has 2 unspecified atom stereocenters. The Morgan fingerprint density at radius 3 is 0.817 bits per heavy atom. The van der Waals surface area contributed by atoms with Gasteiger partial charge >= 0.3 is 0 Å². The number of ether oxygens (including phenoxy) is 8. The molecule has 0 aliphatic rings. The third-order valence-electron chi connectivity index (χ3n) is 14.1. The van der Waals surface area contributed by atoms with E-state index in [1.54, 1.807) is 0 Å². The Morgan fingerprint density at radius 1 is 0.300 bits per heavy atom. The van der Waals surface area contributed by atoms with Gasteiger partial charge in [-0.05, 0) is 198 Å². The van der Waals surface area contributed by atoms with Crippen LogP contribution in [0.2, 0.25) is 0 Å². The molecule has 0 rings (SSSR count). The summed E-state index contributed by atoms with van der Waals surface area (Å²) in [4.78, 5) is 0. The molecule has 0 aromatic rings. The highest BCUT2D eigenvalue weighted by atomic mass is 16.5. The summed E-state index contributed by atoms with van der Waals surface area (Å²) >= 11 is 0. The fourth-order valence-corrected chi connectivity index (χ4v) is 6.95. The quantitative estimate of drug-likeness (QED) is 0.0572. The summed E-state index contributed by atoms with van der Waals surface area (Å²) in [5.41, 5.74) is -1.34. The summed E-state index contributed by atoms with van der Waals surface area (Å²) in [5.74, 6) is 0.758. The zero-order chi connectivity index (χ0) is 46.7. The van der Waals surface area contributed by atoms with Crippen LogP contribution in [-0.4, -0.2) is 98.7 Å². The third kappa shape index (κ3) is 24.7. The van der Waals surface area contributed by atoms with Gasteiger partial charge in [-0.25, -0.2) is 0 Å². The molecule has 0 spiro atoms. The Morgan fingerprint density at radius 2 is 0.550 bits per heavy atom. The first kappa shape index (κ1) is 59.7. The molecular formula is C52H106O8. The minimum atomic E-state index is -0.276. The number of unbranched alkanes of at least 4 members (excludes halogenated alkanes) is 3. The van der Waals surface area contributed by atoms with Gasteiger partial charge in [0.05, 0.1) is 72.2 Å². The van der Waals surface area contributed by atoms with Gasteiger partial charge in [-0.3, -0.25) is 0 Å². The second kappa shape index (κ2) is 26.6. The van der Waals surface area contributed by atoms with Crippen molar-refractivity contribution in [2.75, 3.05) is 52.9 Å². The van der Waals surface area contributed by atoms with E-state index >= 15 is 0 Å². The molecule has 8 nitrogen and oxygen atoms in total. The van der Waals surface area contributed by atoms with E-state index in [2.05, 4.69) is 152 Å². The molecule has 0 radical (unpaired) electrons. The van der Waals surface area contributed by atoms with Gasteiger partial charge in [0.1, 0.15) is 0 Å². The molecule has 0 fully saturated rings. The van der Waals surface area contributed by atoms with Crippen molar-refractivity contribution < 1.29 is 37.9 Å². The molecule has 2 atom stereocenters. The van der Waals surface area contributed by atoms with Crippen LogP contribution in [-0.2, 0) is 37.9 Å². The molecule has 0 N–H and O–H groups in total. The fraction of sp³-hybridized carbons (Fsp3) is 1.00. The number of hydrogen-bond acceptors (Lipinski definition) is 8. The van der Waals surface area contributed by atoms with E-state index in [9.17, 15) is 0 Å². The minimum Gasteiger partial charge on any atom is -0.378 e. The van der Waals surface area contributed by atoms with Gasteiger partial charge in [0.2, 0.25) is 0 Å². The second-order valence-electron chi connectivity index (χ2n) is 23.3. The van der Waals surface area contributed by atoms with Gasteiger partial charge in [-0.2, -0.15) is 0 Å². The van der Waals surface area contributed by atoms with Crippen molar-refractivity contribution >= 4 is 0 Å². The van der Waals surface area contributed by atoms with E-state index in [-0.39, 0.29) is 56.6 Å². The molecule has 0 aromatic heterocycles. The highest BCUT2D eigenvalue weighted by molar-refractivity contribution is 4.93. The SMILES string of the molecule is CC(C)OCC(C)C(C)(C)C(C)(C)OCCC(C)(C)OCCCCOC(C)(C)CCCCOC(C)(C)CCCCOC(C)(C)CCOC(C)(C)C(C)(C)C(C)COC(C)C. The van der Waals surface area contributed by atoms with Crippen molar-refractivity contribution in [2.24, 2.45) is 22.7 Å². The lowest BCUT2D eigenvalue weighted by molar-refractivity contribution is -0.143. The van der Waals surface area contributed by atoms with Crippen LogP contribution in [0.15, 0.2) is 0 Å². The molecule has 8 heteroatoms.